The van der Waals surface area contributed by atoms with Crippen molar-refractivity contribution in [2.75, 3.05) is 0 Å². The summed E-state index contributed by atoms with van der Waals surface area (Å²) in [4.78, 5) is 19.3. The van der Waals surface area contributed by atoms with Crippen LogP contribution in [0.15, 0.2) is 11.0 Å². The fourth-order valence-corrected chi connectivity index (χ4v) is 2.13. The lowest BCUT2D eigenvalue weighted by Crippen LogP contribution is -2.11. The van der Waals surface area contributed by atoms with E-state index in [1.54, 1.807) is 0 Å². The van der Waals surface area contributed by atoms with Gasteiger partial charge >= 0.3 is 0 Å². The van der Waals surface area contributed by atoms with Crippen molar-refractivity contribution in [3.63, 3.8) is 0 Å². The second kappa shape index (κ2) is 4.02. The van der Waals surface area contributed by atoms with E-state index in [-0.39, 0.29) is 5.56 Å². The number of rotatable bonds is 2. The highest BCUT2D eigenvalue weighted by atomic mass is 16.1. The molecule has 4 nitrogen and oxygen atoms in total. The molecule has 0 unspecified atom stereocenters. The first kappa shape index (κ1) is 11.9. The molecular weight excluding hydrogens is 214 g/mol. The first-order chi connectivity index (χ1) is 7.91. The zero-order valence-electron chi connectivity index (χ0n) is 11.0. The van der Waals surface area contributed by atoms with Crippen LogP contribution in [0.4, 0.5) is 0 Å². The summed E-state index contributed by atoms with van der Waals surface area (Å²) < 4.78 is 2.08. The van der Waals surface area contributed by atoms with Gasteiger partial charge in [-0.3, -0.25) is 4.79 Å². The van der Waals surface area contributed by atoms with Crippen molar-refractivity contribution in [1.29, 1.82) is 0 Å². The van der Waals surface area contributed by atoms with Crippen LogP contribution < -0.4 is 5.56 Å². The van der Waals surface area contributed by atoms with Crippen LogP contribution in [0, 0.1) is 6.92 Å². The maximum absolute atomic E-state index is 12.1. The van der Waals surface area contributed by atoms with Crippen LogP contribution in [-0.2, 0) is 0 Å². The predicted molar refractivity (Wildman–Crippen MR) is 69.6 cm³/mol. The highest BCUT2D eigenvalue weighted by Crippen LogP contribution is 2.26. The Hall–Kier alpha value is -1.58. The number of aromatic amines is 1. The van der Waals surface area contributed by atoms with Gasteiger partial charge in [0.15, 0.2) is 0 Å². The third-order valence-electron chi connectivity index (χ3n) is 3.01. The van der Waals surface area contributed by atoms with Gasteiger partial charge in [-0.05, 0) is 32.3 Å². The van der Waals surface area contributed by atoms with E-state index in [1.807, 2.05) is 6.92 Å². The quantitative estimate of drug-likeness (QED) is 0.867. The molecule has 0 aromatic carbocycles. The lowest BCUT2D eigenvalue weighted by Gasteiger charge is -2.08. The zero-order valence-corrected chi connectivity index (χ0v) is 11.0. The van der Waals surface area contributed by atoms with Gasteiger partial charge in [0.25, 0.3) is 5.56 Å². The molecule has 0 spiro atoms. The topological polar surface area (TPSA) is 50.7 Å². The van der Waals surface area contributed by atoms with Crippen molar-refractivity contribution >= 4 is 11.0 Å². The summed E-state index contributed by atoms with van der Waals surface area (Å²) in [6.45, 7) is 10.2. The van der Waals surface area contributed by atoms with E-state index in [0.29, 0.717) is 17.8 Å². The Bertz CT molecular complexity index is 605. The maximum atomic E-state index is 12.1. The molecule has 2 aromatic heterocycles. The van der Waals surface area contributed by atoms with Gasteiger partial charge in [-0.25, -0.2) is 4.98 Å². The van der Waals surface area contributed by atoms with E-state index < -0.39 is 0 Å². The van der Waals surface area contributed by atoms with Crippen LogP contribution in [0.3, 0.4) is 0 Å². The fraction of sp³-hybridized carbons (Fsp3) is 0.538. The van der Waals surface area contributed by atoms with Crippen molar-refractivity contribution in [3.05, 3.63) is 27.9 Å². The van der Waals surface area contributed by atoms with Crippen LogP contribution in [0.25, 0.3) is 11.0 Å². The van der Waals surface area contributed by atoms with E-state index in [0.717, 1.165) is 16.6 Å². The Morgan fingerprint density at radius 3 is 2.47 bits per heavy atom. The van der Waals surface area contributed by atoms with E-state index in [4.69, 9.17) is 0 Å². The third-order valence-corrected chi connectivity index (χ3v) is 3.01. The first-order valence-corrected chi connectivity index (χ1v) is 6.03. The Morgan fingerprint density at radius 1 is 1.29 bits per heavy atom. The minimum atomic E-state index is -0.0319. The molecule has 92 valence electrons. The smallest absolute Gasteiger partial charge is 0.260 e. The van der Waals surface area contributed by atoms with E-state index in [1.165, 1.54) is 0 Å². The standard InChI is InChI=1S/C13H19N3O/c1-7(2)10-6-16(8(3)4)12-11(10)13(17)15-9(5)14-12/h6-8H,1-5H3,(H,14,15,17). The number of fused-ring (bicyclic) bond motifs is 1. The van der Waals surface area contributed by atoms with Gasteiger partial charge < -0.3 is 9.55 Å². The van der Waals surface area contributed by atoms with Gasteiger partial charge in [0.05, 0.1) is 5.39 Å². The molecule has 0 bridgehead atoms. The highest BCUT2D eigenvalue weighted by molar-refractivity contribution is 5.80. The molecule has 0 amide bonds. The molecule has 0 atom stereocenters. The maximum Gasteiger partial charge on any atom is 0.260 e. The third kappa shape index (κ3) is 1.88. The number of aromatic nitrogens is 3. The van der Waals surface area contributed by atoms with Crippen molar-refractivity contribution in [2.24, 2.45) is 0 Å². The molecule has 4 heteroatoms. The molecule has 0 saturated heterocycles. The minimum Gasteiger partial charge on any atom is -0.329 e. The number of nitrogens with zero attached hydrogens (tertiary/aromatic N) is 2. The number of hydrogen-bond donors (Lipinski definition) is 1. The monoisotopic (exact) mass is 233 g/mol. The van der Waals surface area contributed by atoms with Crippen molar-refractivity contribution in [2.45, 2.75) is 46.6 Å². The average Bonchev–Trinajstić information content (AvgIpc) is 2.56. The summed E-state index contributed by atoms with van der Waals surface area (Å²) >= 11 is 0. The Kier molecular flexibility index (Phi) is 2.81. The van der Waals surface area contributed by atoms with Crippen LogP contribution in [0.2, 0.25) is 0 Å². The molecule has 0 aliphatic carbocycles. The molecule has 17 heavy (non-hydrogen) atoms. The summed E-state index contributed by atoms with van der Waals surface area (Å²) in [5.41, 5.74) is 1.84. The minimum absolute atomic E-state index is 0.0319. The fourth-order valence-electron chi connectivity index (χ4n) is 2.13. The number of hydrogen-bond acceptors (Lipinski definition) is 2. The molecule has 2 aromatic rings. The molecule has 0 aliphatic heterocycles. The molecule has 2 rings (SSSR count). The second-order valence-electron chi connectivity index (χ2n) is 5.09. The summed E-state index contributed by atoms with van der Waals surface area (Å²) in [6.07, 6.45) is 2.06. The summed E-state index contributed by atoms with van der Waals surface area (Å²) in [6, 6.07) is 0.304. The average molecular weight is 233 g/mol. The summed E-state index contributed by atoms with van der Waals surface area (Å²) in [5.74, 6) is 0.987. The van der Waals surface area contributed by atoms with E-state index in [2.05, 4.69) is 48.4 Å². The Morgan fingerprint density at radius 2 is 1.94 bits per heavy atom. The normalized spacial score (nSPS) is 11.9. The van der Waals surface area contributed by atoms with E-state index >= 15 is 0 Å². The predicted octanol–water partition coefficient (Wildman–Crippen LogP) is 2.74. The summed E-state index contributed by atoms with van der Waals surface area (Å²) in [7, 11) is 0. The highest BCUT2D eigenvalue weighted by Gasteiger charge is 2.17. The van der Waals surface area contributed by atoms with Crippen LogP contribution in [-0.4, -0.2) is 14.5 Å². The van der Waals surface area contributed by atoms with Crippen molar-refractivity contribution in [3.8, 4) is 0 Å². The number of aryl methyl sites for hydroxylation is 1. The molecular formula is C13H19N3O. The van der Waals surface area contributed by atoms with Gasteiger partial charge in [0.2, 0.25) is 0 Å². The van der Waals surface area contributed by atoms with Gasteiger partial charge in [0.1, 0.15) is 11.5 Å². The zero-order chi connectivity index (χ0) is 12.7. The second-order valence-corrected chi connectivity index (χ2v) is 5.09. The first-order valence-electron chi connectivity index (χ1n) is 6.03. The van der Waals surface area contributed by atoms with Crippen molar-refractivity contribution in [1.82, 2.24) is 14.5 Å². The molecule has 0 radical (unpaired) electrons. The SMILES string of the molecule is Cc1nc2c(c(C(C)C)cn2C(C)C)c(=O)[nH]1. The lowest BCUT2D eigenvalue weighted by molar-refractivity contribution is 0.613. The molecule has 2 heterocycles. The summed E-state index contributed by atoms with van der Waals surface area (Å²) in [5, 5.41) is 0.735. The van der Waals surface area contributed by atoms with Crippen molar-refractivity contribution < 1.29 is 0 Å². The Balaban J connectivity index is 2.91. The van der Waals surface area contributed by atoms with Gasteiger partial charge in [-0.15, -0.1) is 0 Å². The lowest BCUT2D eigenvalue weighted by atomic mass is 10.0. The van der Waals surface area contributed by atoms with Crippen LogP contribution >= 0.6 is 0 Å². The van der Waals surface area contributed by atoms with Crippen LogP contribution in [0.1, 0.15) is 51.0 Å². The van der Waals surface area contributed by atoms with Gasteiger partial charge in [-0.1, -0.05) is 13.8 Å². The molecule has 0 fully saturated rings. The van der Waals surface area contributed by atoms with E-state index in [9.17, 15) is 4.79 Å². The number of nitrogens with one attached hydrogen (secondary N) is 1. The molecule has 0 aliphatic rings. The van der Waals surface area contributed by atoms with Gasteiger partial charge in [-0.2, -0.15) is 0 Å². The molecule has 0 saturated carbocycles. The largest absolute Gasteiger partial charge is 0.329 e. The molecule has 1 N–H and O–H groups in total. The van der Waals surface area contributed by atoms with Crippen LogP contribution in [0.5, 0.6) is 0 Å². The van der Waals surface area contributed by atoms with Gasteiger partial charge in [0, 0.05) is 12.2 Å². The number of H-pyrrole nitrogens is 1. The Labute approximate surface area is 101 Å².